The average Bonchev–Trinajstić information content (AvgIpc) is 2.91. The summed E-state index contributed by atoms with van der Waals surface area (Å²) in [7, 11) is 0. The summed E-state index contributed by atoms with van der Waals surface area (Å²) in [5.41, 5.74) is 1.75. The van der Waals surface area contributed by atoms with E-state index in [-0.39, 0.29) is 5.91 Å². The fourth-order valence-electron chi connectivity index (χ4n) is 1.66. The normalized spacial score (nSPS) is 10.3. The Labute approximate surface area is 110 Å². The van der Waals surface area contributed by atoms with E-state index in [1.165, 1.54) is 0 Å². The van der Waals surface area contributed by atoms with E-state index in [1.807, 2.05) is 30.5 Å². The van der Waals surface area contributed by atoms with E-state index in [9.17, 15) is 4.79 Å². The highest BCUT2D eigenvalue weighted by Gasteiger charge is 2.09. The van der Waals surface area contributed by atoms with Crippen molar-refractivity contribution in [3.8, 4) is 0 Å². The number of nitrogens with one attached hydrogen (secondary N) is 2. The van der Waals surface area contributed by atoms with Gasteiger partial charge < -0.3 is 10.3 Å². The second-order valence-corrected chi connectivity index (χ2v) is 4.63. The first kappa shape index (κ1) is 12.7. The molecule has 0 fully saturated rings. The zero-order valence-electron chi connectivity index (χ0n) is 10.1. The van der Waals surface area contributed by atoms with Gasteiger partial charge in [0.2, 0.25) is 0 Å². The fraction of sp³-hybridized carbons (Fsp3) is 0.231. The number of hydrogen-bond donors (Lipinski definition) is 2. The molecule has 0 bridgehead atoms. The molecule has 1 heterocycles. The van der Waals surface area contributed by atoms with Crippen LogP contribution in [0.4, 0.5) is 0 Å². The predicted molar refractivity (Wildman–Crippen MR) is 72.8 cm³/mol. The van der Waals surface area contributed by atoms with Crippen molar-refractivity contribution in [3.05, 3.63) is 48.0 Å². The minimum Gasteiger partial charge on any atom is -0.352 e. The van der Waals surface area contributed by atoms with Gasteiger partial charge >= 0.3 is 0 Å². The highest BCUT2D eigenvalue weighted by Crippen LogP contribution is 2.19. The molecule has 0 saturated carbocycles. The number of benzene rings is 1. The topological polar surface area (TPSA) is 57.8 Å². The van der Waals surface area contributed by atoms with Gasteiger partial charge in [-0.15, -0.1) is 11.8 Å². The van der Waals surface area contributed by atoms with Crippen molar-refractivity contribution in [2.24, 2.45) is 0 Å². The van der Waals surface area contributed by atoms with Crippen LogP contribution < -0.4 is 5.32 Å². The highest BCUT2D eigenvalue weighted by atomic mass is 32.2. The Morgan fingerprint density at radius 1 is 1.44 bits per heavy atom. The van der Waals surface area contributed by atoms with Gasteiger partial charge in [-0.25, -0.2) is 4.98 Å². The van der Waals surface area contributed by atoms with Crippen LogP contribution >= 0.6 is 11.8 Å². The molecule has 1 amide bonds. The van der Waals surface area contributed by atoms with E-state index in [4.69, 9.17) is 0 Å². The van der Waals surface area contributed by atoms with Crippen LogP contribution in [0.5, 0.6) is 0 Å². The summed E-state index contributed by atoms with van der Waals surface area (Å²) in [6.07, 6.45) is 6.13. The Bertz CT molecular complexity index is 511. The molecular weight excluding hydrogens is 246 g/mol. The zero-order chi connectivity index (χ0) is 12.8. The second kappa shape index (κ2) is 6.26. The monoisotopic (exact) mass is 261 g/mol. The van der Waals surface area contributed by atoms with Crippen LogP contribution in [0.3, 0.4) is 0 Å². The van der Waals surface area contributed by atoms with Crippen LogP contribution in [-0.4, -0.2) is 28.7 Å². The Morgan fingerprint density at radius 2 is 2.28 bits per heavy atom. The van der Waals surface area contributed by atoms with Crippen LogP contribution in [0.15, 0.2) is 41.7 Å². The van der Waals surface area contributed by atoms with Crippen LogP contribution in [0.2, 0.25) is 0 Å². The van der Waals surface area contributed by atoms with Gasteiger partial charge in [0.05, 0.1) is 11.9 Å². The molecule has 4 nitrogen and oxygen atoms in total. The van der Waals surface area contributed by atoms with Crippen molar-refractivity contribution >= 4 is 17.7 Å². The molecule has 0 radical (unpaired) electrons. The first-order chi connectivity index (χ1) is 8.81. The van der Waals surface area contributed by atoms with E-state index in [0.29, 0.717) is 6.54 Å². The van der Waals surface area contributed by atoms with E-state index >= 15 is 0 Å². The molecule has 1 aromatic carbocycles. The summed E-state index contributed by atoms with van der Waals surface area (Å²) in [4.78, 5) is 19.9. The van der Waals surface area contributed by atoms with Crippen LogP contribution in [0.1, 0.15) is 16.1 Å². The lowest BCUT2D eigenvalue weighted by Crippen LogP contribution is -2.26. The maximum Gasteiger partial charge on any atom is 0.252 e. The fourth-order valence-corrected chi connectivity index (χ4v) is 2.25. The summed E-state index contributed by atoms with van der Waals surface area (Å²) >= 11 is 1.58. The zero-order valence-corrected chi connectivity index (χ0v) is 11.0. The molecule has 0 spiro atoms. The number of hydrogen-bond acceptors (Lipinski definition) is 3. The molecule has 0 aliphatic rings. The summed E-state index contributed by atoms with van der Waals surface area (Å²) in [6.45, 7) is 0.601. The lowest BCUT2D eigenvalue weighted by atomic mass is 10.2. The second-order valence-electron chi connectivity index (χ2n) is 3.78. The number of aromatic amines is 1. The van der Waals surface area contributed by atoms with Crippen LogP contribution in [0.25, 0.3) is 0 Å². The minimum absolute atomic E-state index is 0.0283. The molecule has 0 saturated heterocycles. The predicted octanol–water partition coefficient (Wildman–Crippen LogP) is 2.10. The Morgan fingerprint density at radius 3 is 3.00 bits per heavy atom. The maximum absolute atomic E-state index is 12.0. The molecule has 2 N–H and O–H groups in total. The number of thioether (sulfide) groups is 1. The standard InChI is InChI=1S/C13H15N3OS/c1-18-12-5-3-2-4-11(12)13(17)15-7-6-10-8-14-9-16-10/h2-5,8-9H,6-7H2,1H3,(H,14,16)(H,15,17). The maximum atomic E-state index is 12.0. The van der Waals surface area contributed by atoms with Gasteiger partial charge in [0.15, 0.2) is 0 Å². The SMILES string of the molecule is CSc1ccccc1C(=O)NCCc1cnc[nH]1. The molecule has 18 heavy (non-hydrogen) atoms. The highest BCUT2D eigenvalue weighted by molar-refractivity contribution is 7.98. The summed E-state index contributed by atoms with van der Waals surface area (Å²) in [6, 6.07) is 7.61. The van der Waals surface area contributed by atoms with Crippen molar-refractivity contribution < 1.29 is 4.79 Å². The quantitative estimate of drug-likeness (QED) is 0.810. The van der Waals surface area contributed by atoms with Gasteiger partial charge in [0.25, 0.3) is 5.91 Å². The van der Waals surface area contributed by atoms with Gasteiger partial charge in [0, 0.05) is 29.8 Å². The Hall–Kier alpha value is -1.75. The third kappa shape index (κ3) is 3.13. The average molecular weight is 261 g/mol. The van der Waals surface area contributed by atoms with Crippen molar-refractivity contribution in [1.29, 1.82) is 0 Å². The van der Waals surface area contributed by atoms with E-state index in [1.54, 1.807) is 24.3 Å². The first-order valence-electron chi connectivity index (χ1n) is 5.69. The molecule has 1 aromatic heterocycles. The molecule has 2 aromatic rings. The van der Waals surface area contributed by atoms with Gasteiger partial charge in [-0.05, 0) is 18.4 Å². The number of carbonyl (C=O) groups is 1. The molecule has 0 aliphatic heterocycles. The van der Waals surface area contributed by atoms with Crippen molar-refractivity contribution in [1.82, 2.24) is 15.3 Å². The number of rotatable bonds is 5. The summed E-state index contributed by atoms with van der Waals surface area (Å²) < 4.78 is 0. The third-order valence-corrected chi connectivity index (χ3v) is 3.38. The number of nitrogens with zero attached hydrogens (tertiary/aromatic N) is 1. The number of imidazole rings is 1. The van der Waals surface area contributed by atoms with Gasteiger partial charge in [-0.2, -0.15) is 0 Å². The third-order valence-electron chi connectivity index (χ3n) is 2.59. The number of H-pyrrole nitrogens is 1. The number of aromatic nitrogens is 2. The van der Waals surface area contributed by atoms with Gasteiger partial charge in [-0.3, -0.25) is 4.79 Å². The van der Waals surface area contributed by atoms with E-state index in [2.05, 4.69) is 15.3 Å². The lowest BCUT2D eigenvalue weighted by molar-refractivity contribution is 0.0951. The molecule has 94 valence electrons. The van der Waals surface area contributed by atoms with Crippen LogP contribution in [-0.2, 0) is 6.42 Å². The van der Waals surface area contributed by atoms with E-state index < -0.39 is 0 Å². The number of amides is 1. The lowest BCUT2D eigenvalue weighted by Gasteiger charge is -2.07. The Kier molecular flexibility index (Phi) is 4.41. The van der Waals surface area contributed by atoms with Crippen molar-refractivity contribution in [2.75, 3.05) is 12.8 Å². The summed E-state index contributed by atoms with van der Waals surface area (Å²) in [5, 5.41) is 2.91. The van der Waals surface area contributed by atoms with Crippen molar-refractivity contribution in [2.45, 2.75) is 11.3 Å². The molecule has 2 rings (SSSR count). The molecular formula is C13H15N3OS. The van der Waals surface area contributed by atoms with Gasteiger partial charge in [0.1, 0.15) is 0 Å². The molecule has 5 heteroatoms. The van der Waals surface area contributed by atoms with Crippen molar-refractivity contribution in [3.63, 3.8) is 0 Å². The van der Waals surface area contributed by atoms with Gasteiger partial charge in [-0.1, -0.05) is 12.1 Å². The smallest absolute Gasteiger partial charge is 0.252 e. The molecule has 0 aliphatic carbocycles. The number of carbonyl (C=O) groups excluding carboxylic acids is 1. The first-order valence-corrected chi connectivity index (χ1v) is 6.92. The summed E-state index contributed by atoms with van der Waals surface area (Å²) in [5.74, 6) is -0.0283. The Balaban J connectivity index is 1.91. The molecule has 0 unspecified atom stereocenters. The van der Waals surface area contributed by atoms with Crippen LogP contribution in [0, 0.1) is 0 Å². The molecule has 0 atom stereocenters. The minimum atomic E-state index is -0.0283. The van der Waals surface area contributed by atoms with E-state index in [0.717, 1.165) is 22.6 Å². The largest absolute Gasteiger partial charge is 0.352 e.